The molecule has 0 saturated carbocycles. The molecule has 1 heterocycles. The van der Waals surface area contributed by atoms with Gasteiger partial charge in [-0.05, 0) is 23.6 Å². The predicted molar refractivity (Wildman–Crippen MR) is 114 cm³/mol. The number of benzene rings is 2. The van der Waals surface area contributed by atoms with Gasteiger partial charge in [0.25, 0.3) is 0 Å². The first-order valence-electron chi connectivity index (χ1n) is 8.57. The number of thioether (sulfide) groups is 2. The Bertz CT molecular complexity index is 865. The summed E-state index contributed by atoms with van der Waals surface area (Å²) < 4.78 is 5.99. The fraction of sp³-hybridized carbons (Fsp3) is 0.238. The number of carboxylic acids is 1. The molecule has 140 valence electrons. The molecular formula is C21H21NO3S2. The van der Waals surface area contributed by atoms with E-state index >= 15 is 0 Å². The number of aliphatic imine (C=N–C) groups is 1. The summed E-state index contributed by atoms with van der Waals surface area (Å²) in [6.07, 6.45) is 1.28. The first-order chi connectivity index (χ1) is 13.1. The summed E-state index contributed by atoms with van der Waals surface area (Å²) in [6, 6.07) is 18.2. The van der Waals surface area contributed by atoms with Crippen LogP contribution in [0.4, 0.5) is 0 Å². The molecule has 0 radical (unpaired) electrons. The lowest BCUT2D eigenvalue weighted by Crippen LogP contribution is -2.04. The molecule has 27 heavy (non-hydrogen) atoms. The number of hydrogen-bond acceptors (Lipinski definition) is 5. The third-order valence-electron chi connectivity index (χ3n) is 4.23. The van der Waals surface area contributed by atoms with Crippen LogP contribution in [0.15, 0.2) is 65.9 Å². The number of carboxylic acid groups (broad SMARTS) is 1. The third kappa shape index (κ3) is 4.76. The zero-order chi connectivity index (χ0) is 19.2. The second-order valence-corrected chi connectivity index (χ2v) is 8.46. The molecule has 0 saturated heterocycles. The summed E-state index contributed by atoms with van der Waals surface area (Å²) >= 11 is 3.43. The van der Waals surface area contributed by atoms with E-state index in [4.69, 9.17) is 9.73 Å². The molecule has 1 aliphatic heterocycles. The van der Waals surface area contributed by atoms with Crippen molar-refractivity contribution in [2.24, 2.45) is 4.99 Å². The molecule has 0 fully saturated rings. The quantitative estimate of drug-likeness (QED) is 0.533. The maximum absolute atomic E-state index is 11.6. The smallest absolute Gasteiger partial charge is 0.339 e. The molecule has 2 aromatic carbocycles. The van der Waals surface area contributed by atoms with Crippen molar-refractivity contribution in [3.05, 3.63) is 77.5 Å². The molecule has 0 amide bonds. The van der Waals surface area contributed by atoms with Crippen LogP contribution >= 0.6 is 23.5 Å². The number of hydrogen-bond donors (Lipinski definition) is 1. The summed E-state index contributed by atoms with van der Waals surface area (Å²) in [4.78, 5) is 16.4. The predicted octanol–water partition coefficient (Wildman–Crippen LogP) is 5.22. The number of nitrogens with zero attached hydrogens (tertiary/aromatic N) is 1. The second kappa shape index (κ2) is 9.15. The molecule has 0 aromatic heterocycles. The van der Waals surface area contributed by atoms with Crippen molar-refractivity contribution in [1.82, 2.24) is 0 Å². The number of ether oxygens (including phenoxy) is 1. The van der Waals surface area contributed by atoms with E-state index < -0.39 is 5.97 Å². The van der Waals surface area contributed by atoms with Crippen LogP contribution in [0.1, 0.15) is 28.9 Å². The SMILES string of the molecule is CO/C=C(/C(=O)O)c1ccccc1CSC1=NC(C)C(c2ccccc2)S1. The molecule has 0 bridgehead atoms. The molecule has 2 atom stereocenters. The highest BCUT2D eigenvalue weighted by molar-refractivity contribution is 8.38. The van der Waals surface area contributed by atoms with Gasteiger partial charge >= 0.3 is 5.97 Å². The van der Waals surface area contributed by atoms with Gasteiger partial charge in [0.15, 0.2) is 0 Å². The number of methoxy groups -OCH3 is 1. The van der Waals surface area contributed by atoms with Crippen LogP contribution in [0.5, 0.6) is 0 Å². The lowest BCUT2D eigenvalue weighted by atomic mass is 10.0. The molecule has 2 unspecified atom stereocenters. The molecule has 4 nitrogen and oxygen atoms in total. The van der Waals surface area contributed by atoms with Crippen LogP contribution in [-0.2, 0) is 15.3 Å². The highest BCUT2D eigenvalue weighted by Crippen LogP contribution is 2.44. The molecule has 1 aliphatic rings. The van der Waals surface area contributed by atoms with Crippen LogP contribution in [-0.4, -0.2) is 28.6 Å². The Kier molecular flexibility index (Phi) is 6.63. The Hall–Kier alpha value is -2.18. The van der Waals surface area contributed by atoms with Crippen molar-refractivity contribution in [1.29, 1.82) is 0 Å². The molecule has 6 heteroatoms. The molecule has 0 spiro atoms. The minimum atomic E-state index is -1.00. The van der Waals surface area contributed by atoms with E-state index in [0.717, 1.165) is 9.94 Å². The lowest BCUT2D eigenvalue weighted by molar-refractivity contribution is -0.130. The second-order valence-electron chi connectivity index (χ2n) is 6.10. The number of carbonyl (C=O) groups is 1. The van der Waals surface area contributed by atoms with Gasteiger partial charge in [0.2, 0.25) is 0 Å². The minimum Gasteiger partial charge on any atom is -0.503 e. The van der Waals surface area contributed by atoms with Crippen molar-refractivity contribution in [3.8, 4) is 0 Å². The maximum atomic E-state index is 11.6. The van der Waals surface area contributed by atoms with Crippen LogP contribution < -0.4 is 0 Å². The van der Waals surface area contributed by atoms with Crippen molar-refractivity contribution >= 4 is 39.4 Å². The van der Waals surface area contributed by atoms with Crippen LogP contribution in [0.3, 0.4) is 0 Å². The van der Waals surface area contributed by atoms with Crippen molar-refractivity contribution in [2.45, 2.75) is 24.0 Å². The summed E-state index contributed by atoms with van der Waals surface area (Å²) in [6.45, 7) is 2.13. The van der Waals surface area contributed by atoms with E-state index in [1.165, 1.54) is 18.9 Å². The number of rotatable bonds is 6. The van der Waals surface area contributed by atoms with Crippen LogP contribution in [0.2, 0.25) is 0 Å². The molecule has 0 aliphatic carbocycles. The van der Waals surface area contributed by atoms with Gasteiger partial charge in [-0.1, -0.05) is 78.1 Å². The monoisotopic (exact) mass is 399 g/mol. The van der Waals surface area contributed by atoms with Crippen molar-refractivity contribution in [3.63, 3.8) is 0 Å². The molecular weight excluding hydrogens is 378 g/mol. The van der Waals surface area contributed by atoms with E-state index in [-0.39, 0.29) is 11.6 Å². The van der Waals surface area contributed by atoms with E-state index in [0.29, 0.717) is 16.6 Å². The first kappa shape index (κ1) is 19.6. The fourth-order valence-electron chi connectivity index (χ4n) is 2.93. The topological polar surface area (TPSA) is 58.9 Å². The standard InChI is InChI=1S/C21H21NO3S2/c1-14-19(15-8-4-3-5-9-15)27-21(22-14)26-13-16-10-6-7-11-17(16)18(12-25-2)20(23)24/h3-12,14,19H,13H2,1-2H3,(H,23,24)/b18-12+. The highest BCUT2D eigenvalue weighted by atomic mass is 32.2. The summed E-state index contributed by atoms with van der Waals surface area (Å²) in [7, 11) is 1.45. The maximum Gasteiger partial charge on any atom is 0.339 e. The Morgan fingerprint density at radius 2 is 1.93 bits per heavy atom. The Morgan fingerprint density at radius 1 is 1.22 bits per heavy atom. The van der Waals surface area contributed by atoms with Crippen LogP contribution in [0.25, 0.3) is 5.57 Å². The van der Waals surface area contributed by atoms with E-state index in [9.17, 15) is 9.90 Å². The minimum absolute atomic E-state index is 0.158. The largest absolute Gasteiger partial charge is 0.503 e. The van der Waals surface area contributed by atoms with Crippen molar-refractivity contribution in [2.75, 3.05) is 7.11 Å². The Labute approximate surface area is 167 Å². The summed E-state index contributed by atoms with van der Waals surface area (Å²) in [5.74, 6) is -0.343. The van der Waals surface area contributed by atoms with Gasteiger partial charge in [0.05, 0.1) is 24.7 Å². The average molecular weight is 400 g/mol. The zero-order valence-corrected chi connectivity index (χ0v) is 16.8. The third-order valence-corrected chi connectivity index (χ3v) is 6.90. The normalized spacial score (nSPS) is 19.6. The Balaban J connectivity index is 1.72. The van der Waals surface area contributed by atoms with Crippen LogP contribution in [0, 0.1) is 0 Å². The molecule has 1 N–H and O–H groups in total. The summed E-state index contributed by atoms with van der Waals surface area (Å²) in [5, 5.41) is 9.80. The van der Waals surface area contributed by atoms with Gasteiger partial charge in [-0.25, -0.2) is 4.79 Å². The number of aliphatic carboxylic acids is 1. The summed E-state index contributed by atoms with van der Waals surface area (Å²) in [5.41, 5.74) is 3.07. The van der Waals surface area contributed by atoms with Gasteiger partial charge in [-0.15, -0.1) is 0 Å². The van der Waals surface area contributed by atoms with Gasteiger partial charge in [0, 0.05) is 5.75 Å². The average Bonchev–Trinajstić information content (AvgIpc) is 3.06. The Morgan fingerprint density at radius 3 is 2.63 bits per heavy atom. The molecule has 3 rings (SSSR count). The lowest BCUT2D eigenvalue weighted by Gasteiger charge is -2.13. The zero-order valence-electron chi connectivity index (χ0n) is 15.2. The van der Waals surface area contributed by atoms with E-state index in [1.807, 2.05) is 30.3 Å². The molecule has 2 aromatic rings. The van der Waals surface area contributed by atoms with Crippen molar-refractivity contribution < 1.29 is 14.6 Å². The van der Waals surface area contributed by atoms with E-state index in [1.54, 1.807) is 23.5 Å². The first-order valence-corrected chi connectivity index (χ1v) is 10.4. The van der Waals surface area contributed by atoms with Gasteiger partial charge in [0.1, 0.15) is 9.95 Å². The van der Waals surface area contributed by atoms with Gasteiger partial charge < -0.3 is 9.84 Å². The van der Waals surface area contributed by atoms with Gasteiger partial charge in [-0.2, -0.15) is 0 Å². The fourth-order valence-corrected chi connectivity index (χ4v) is 5.45. The van der Waals surface area contributed by atoms with Gasteiger partial charge in [-0.3, -0.25) is 4.99 Å². The highest BCUT2D eigenvalue weighted by Gasteiger charge is 2.28. The van der Waals surface area contributed by atoms with E-state index in [2.05, 4.69) is 31.2 Å².